The third-order valence-corrected chi connectivity index (χ3v) is 6.81. The topological polar surface area (TPSA) is 32.3 Å². The molecule has 2 rings (SSSR count). The van der Waals surface area contributed by atoms with Gasteiger partial charge in [-0.15, -0.1) is 23.1 Å². The van der Waals surface area contributed by atoms with Crippen LogP contribution in [-0.4, -0.2) is 23.5 Å². The summed E-state index contributed by atoms with van der Waals surface area (Å²) in [6.07, 6.45) is 3.24. The Hall–Kier alpha value is -0.0300. The lowest BCUT2D eigenvalue weighted by atomic mass is 9.83. The van der Waals surface area contributed by atoms with Crippen molar-refractivity contribution in [3.05, 3.63) is 17.0 Å². The molecule has 1 aliphatic rings. The number of nitrogens with one attached hydrogen (secondary N) is 1. The van der Waals surface area contributed by atoms with Gasteiger partial charge in [0, 0.05) is 29.9 Å². The van der Waals surface area contributed by atoms with Crippen molar-refractivity contribution in [1.29, 1.82) is 0 Å². The van der Waals surface area contributed by atoms with Gasteiger partial charge in [0.05, 0.1) is 4.21 Å². The summed E-state index contributed by atoms with van der Waals surface area (Å²) in [5, 5.41) is 16.3. The number of hydrogen-bond donors (Lipinski definition) is 2. The van der Waals surface area contributed by atoms with Crippen molar-refractivity contribution in [3.63, 3.8) is 0 Å². The number of thioether (sulfide) groups is 1. The lowest BCUT2D eigenvalue weighted by molar-refractivity contribution is 0.109. The second kappa shape index (κ2) is 6.61. The Kier molecular flexibility index (Phi) is 5.35. The molecule has 1 unspecified atom stereocenters. The van der Waals surface area contributed by atoms with E-state index in [0.717, 1.165) is 19.4 Å². The minimum atomic E-state index is 0.0456. The Morgan fingerprint density at radius 1 is 1.42 bits per heavy atom. The molecule has 1 aliphatic heterocycles. The molecule has 1 aromatic rings. The zero-order chi connectivity index (χ0) is 13.9. The van der Waals surface area contributed by atoms with E-state index in [2.05, 4.69) is 37.5 Å². The molecule has 2 nitrogen and oxygen atoms in total. The fourth-order valence-electron chi connectivity index (χ4n) is 2.66. The minimum Gasteiger partial charge on any atom is -0.396 e. The molecule has 0 bridgehead atoms. The maximum Gasteiger partial charge on any atom is 0.0649 e. The van der Waals surface area contributed by atoms with Gasteiger partial charge in [0.2, 0.25) is 0 Å². The molecule has 4 heteroatoms. The Morgan fingerprint density at radius 3 is 2.79 bits per heavy atom. The summed E-state index contributed by atoms with van der Waals surface area (Å²) >= 11 is 3.86. The summed E-state index contributed by atoms with van der Waals surface area (Å²) in [6, 6.07) is 2.72. The average molecular weight is 300 g/mol. The van der Waals surface area contributed by atoms with Crippen LogP contribution in [0.5, 0.6) is 0 Å². The van der Waals surface area contributed by atoms with Crippen molar-refractivity contribution in [2.24, 2.45) is 5.41 Å². The summed E-state index contributed by atoms with van der Waals surface area (Å²) < 4.78 is 1.47. The van der Waals surface area contributed by atoms with E-state index in [1.54, 1.807) is 0 Å². The molecular weight excluding hydrogens is 274 g/mol. The molecule has 0 spiro atoms. The Bertz CT molecular complexity index is 392. The predicted molar refractivity (Wildman–Crippen MR) is 85.1 cm³/mol. The standard InChI is InChI=1S/C15H25NOS2/c1-4-15(5-2,10-17)9-16-13-8-11(3)19-14-12(13)6-7-18-14/h6-7,11,13,16-17H,4-5,8-10H2,1-3H3/t11-,13?/m0/s1. The SMILES string of the molecule is CCC(CC)(CO)CNC1C[C@H](C)Sc2sccc21. The fourth-order valence-corrected chi connectivity index (χ4v) is 5.23. The van der Waals surface area contributed by atoms with E-state index < -0.39 is 0 Å². The van der Waals surface area contributed by atoms with Gasteiger partial charge < -0.3 is 10.4 Å². The first-order valence-corrected chi connectivity index (χ1v) is 8.98. The third kappa shape index (κ3) is 3.35. The van der Waals surface area contributed by atoms with Crippen LogP contribution in [0.4, 0.5) is 0 Å². The van der Waals surface area contributed by atoms with E-state index in [-0.39, 0.29) is 12.0 Å². The molecule has 0 aliphatic carbocycles. The van der Waals surface area contributed by atoms with Crippen molar-refractivity contribution in [2.45, 2.75) is 55.5 Å². The molecule has 0 amide bonds. The number of thiophene rings is 1. The first-order valence-electron chi connectivity index (χ1n) is 7.22. The van der Waals surface area contributed by atoms with Gasteiger partial charge in [-0.2, -0.15) is 0 Å². The Labute approximate surface area is 125 Å². The summed E-state index contributed by atoms with van der Waals surface area (Å²) in [5.74, 6) is 0. The number of aliphatic hydroxyl groups is 1. The number of aliphatic hydroxyl groups excluding tert-OH is 1. The molecule has 0 saturated heterocycles. The fraction of sp³-hybridized carbons (Fsp3) is 0.733. The van der Waals surface area contributed by atoms with Gasteiger partial charge in [-0.05, 0) is 36.3 Å². The van der Waals surface area contributed by atoms with Crippen LogP contribution >= 0.6 is 23.1 Å². The summed E-state index contributed by atoms with van der Waals surface area (Å²) in [5.41, 5.74) is 1.51. The lowest BCUT2D eigenvalue weighted by Gasteiger charge is -2.34. The largest absolute Gasteiger partial charge is 0.396 e. The maximum atomic E-state index is 9.67. The van der Waals surface area contributed by atoms with Crippen LogP contribution < -0.4 is 5.32 Å². The van der Waals surface area contributed by atoms with Crippen LogP contribution in [0.15, 0.2) is 15.7 Å². The highest BCUT2D eigenvalue weighted by Gasteiger charge is 2.30. The van der Waals surface area contributed by atoms with Gasteiger partial charge in [-0.3, -0.25) is 0 Å². The van der Waals surface area contributed by atoms with Crippen molar-refractivity contribution in [3.8, 4) is 0 Å². The molecule has 1 aromatic heterocycles. The predicted octanol–water partition coefficient (Wildman–Crippen LogP) is 4.06. The van der Waals surface area contributed by atoms with Crippen molar-refractivity contribution < 1.29 is 5.11 Å². The zero-order valence-corrected chi connectivity index (χ0v) is 13.7. The Morgan fingerprint density at radius 2 is 2.16 bits per heavy atom. The molecular formula is C15H25NOS2. The van der Waals surface area contributed by atoms with E-state index >= 15 is 0 Å². The summed E-state index contributed by atoms with van der Waals surface area (Å²) in [7, 11) is 0. The quantitative estimate of drug-likeness (QED) is 0.831. The van der Waals surface area contributed by atoms with E-state index in [4.69, 9.17) is 0 Å². The molecule has 2 atom stereocenters. The molecule has 2 heterocycles. The van der Waals surface area contributed by atoms with Crippen molar-refractivity contribution in [2.75, 3.05) is 13.2 Å². The molecule has 2 N–H and O–H groups in total. The highest BCUT2D eigenvalue weighted by molar-refractivity contribution is 8.01. The number of hydrogen-bond acceptors (Lipinski definition) is 4. The highest BCUT2D eigenvalue weighted by atomic mass is 32.2. The molecule has 0 fully saturated rings. The van der Waals surface area contributed by atoms with E-state index in [0.29, 0.717) is 11.3 Å². The van der Waals surface area contributed by atoms with Crippen LogP contribution in [0, 0.1) is 5.41 Å². The van der Waals surface area contributed by atoms with E-state index in [9.17, 15) is 5.11 Å². The summed E-state index contributed by atoms with van der Waals surface area (Å²) in [4.78, 5) is 0. The minimum absolute atomic E-state index is 0.0456. The van der Waals surface area contributed by atoms with Crippen LogP contribution in [0.25, 0.3) is 0 Å². The Balaban J connectivity index is 2.04. The smallest absolute Gasteiger partial charge is 0.0649 e. The normalized spacial score (nSPS) is 23.4. The van der Waals surface area contributed by atoms with Crippen LogP contribution in [0.2, 0.25) is 0 Å². The first kappa shape index (κ1) is 15.4. The number of fused-ring (bicyclic) bond motifs is 1. The first-order chi connectivity index (χ1) is 9.14. The van der Waals surface area contributed by atoms with Crippen LogP contribution in [0.1, 0.15) is 51.6 Å². The second-order valence-corrected chi connectivity index (χ2v) is 8.25. The monoisotopic (exact) mass is 299 g/mol. The third-order valence-electron chi connectivity index (χ3n) is 4.47. The molecule has 0 radical (unpaired) electrons. The maximum absolute atomic E-state index is 9.67. The van der Waals surface area contributed by atoms with Crippen LogP contribution in [-0.2, 0) is 0 Å². The van der Waals surface area contributed by atoms with Gasteiger partial charge in [-0.1, -0.05) is 20.8 Å². The molecule has 0 saturated carbocycles. The molecule has 0 aromatic carbocycles. The van der Waals surface area contributed by atoms with Gasteiger partial charge in [-0.25, -0.2) is 0 Å². The second-order valence-electron chi connectivity index (χ2n) is 5.63. The summed E-state index contributed by atoms with van der Waals surface area (Å²) in [6.45, 7) is 7.85. The van der Waals surface area contributed by atoms with Crippen LogP contribution in [0.3, 0.4) is 0 Å². The highest BCUT2D eigenvalue weighted by Crippen LogP contribution is 2.44. The van der Waals surface area contributed by atoms with Gasteiger partial charge in [0.1, 0.15) is 0 Å². The lowest BCUT2D eigenvalue weighted by Crippen LogP contribution is -2.39. The average Bonchev–Trinajstić information content (AvgIpc) is 2.88. The van der Waals surface area contributed by atoms with Gasteiger partial charge in [0.25, 0.3) is 0 Å². The zero-order valence-electron chi connectivity index (χ0n) is 12.1. The van der Waals surface area contributed by atoms with E-state index in [1.165, 1.54) is 16.2 Å². The van der Waals surface area contributed by atoms with Crippen molar-refractivity contribution >= 4 is 23.1 Å². The molecule has 19 heavy (non-hydrogen) atoms. The number of rotatable bonds is 6. The van der Waals surface area contributed by atoms with Crippen molar-refractivity contribution in [1.82, 2.24) is 5.32 Å². The van der Waals surface area contributed by atoms with Gasteiger partial charge in [0.15, 0.2) is 0 Å². The molecule has 108 valence electrons. The van der Waals surface area contributed by atoms with E-state index in [1.807, 2.05) is 23.1 Å². The van der Waals surface area contributed by atoms with Gasteiger partial charge >= 0.3 is 0 Å².